The number of likely N-dealkylation sites (tertiary alicyclic amines) is 1. The number of halogens is 1. The van der Waals surface area contributed by atoms with E-state index in [0.717, 1.165) is 50.1 Å². The van der Waals surface area contributed by atoms with Gasteiger partial charge in [0.25, 0.3) is 0 Å². The molecule has 1 heterocycles. The van der Waals surface area contributed by atoms with E-state index in [0.29, 0.717) is 12.5 Å². The number of amides is 2. The molecule has 2 aromatic rings. The molecular formula is C26H34BrN3O2. The summed E-state index contributed by atoms with van der Waals surface area (Å²) < 4.78 is 0. The molecule has 2 aromatic carbocycles. The van der Waals surface area contributed by atoms with Gasteiger partial charge in [0.1, 0.15) is 4.83 Å². The first-order chi connectivity index (χ1) is 15.4. The van der Waals surface area contributed by atoms with E-state index in [1.807, 2.05) is 56.3 Å². The number of hydrogen-bond acceptors (Lipinski definition) is 3. The molecule has 0 aliphatic carbocycles. The van der Waals surface area contributed by atoms with Crippen molar-refractivity contribution in [3.05, 3.63) is 65.7 Å². The van der Waals surface area contributed by atoms with Gasteiger partial charge in [-0.3, -0.25) is 9.59 Å². The summed E-state index contributed by atoms with van der Waals surface area (Å²) in [7, 11) is 0. The molecule has 1 aliphatic rings. The van der Waals surface area contributed by atoms with Crippen LogP contribution >= 0.6 is 15.9 Å². The monoisotopic (exact) mass is 499 g/mol. The highest BCUT2D eigenvalue weighted by molar-refractivity contribution is 9.09. The van der Waals surface area contributed by atoms with Crippen molar-refractivity contribution in [2.45, 2.75) is 43.9 Å². The number of nitrogens with zero attached hydrogens (tertiary/aromatic N) is 1. The Hall–Kier alpha value is -2.18. The van der Waals surface area contributed by atoms with E-state index in [-0.39, 0.29) is 22.6 Å². The molecule has 1 atom stereocenters. The number of piperidine rings is 1. The number of benzene rings is 2. The summed E-state index contributed by atoms with van der Waals surface area (Å²) in [4.78, 5) is 26.5. The molecule has 1 saturated heterocycles. The molecule has 0 aromatic heterocycles. The average molecular weight is 500 g/mol. The largest absolute Gasteiger partial charge is 0.355 e. The van der Waals surface area contributed by atoms with E-state index in [9.17, 15) is 9.59 Å². The van der Waals surface area contributed by atoms with Gasteiger partial charge in [0.05, 0.1) is 0 Å². The number of carbonyl (C=O) groups is 2. The lowest BCUT2D eigenvalue weighted by Gasteiger charge is -2.32. The number of anilines is 1. The van der Waals surface area contributed by atoms with Crippen molar-refractivity contribution < 1.29 is 9.59 Å². The molecule has 32 heavy (non-hydrogen) atoms. The highest BCUT2D eigenvalue weighted by atomic mass is 79.9. The van der Waals surface area contributed by atoms with Crippen LogP contribution in [-0.4, -0.2) is 42.9 Å². The van der Waals surface area contributed by atoms with E-state index in [4.69, 9.17) is 0 Å². The Morgan fingerprint density at radius 3 is 2.44 bits per heavy atom. The summed E-state index contributed by atoms with van der Waals surface area (Å²) in [6.07, 6.45) is 3.18. The van der Waals surface area contributed by atoms with Crippen LogP contribution in [0.1, 0.15) is 55.0 Å². The summed E-state index contributed by atoms with van der Waals surface area (Å²) in [5.74, 6) is 0.575. The van der Waals surface area contributed by atoms with Gasteiger partial charge in [-0.2, -0.15) is 0 Å². The van der Waals surface area contributed by atoms with Gasteiger partial charge in [-0.25, -0.2) is 0 Å². The number of nitrogens with one attached hydrogen (secondary N) is 2. The number of carbonyl (C=O) groups excluding carboxylic acids is 2. The van der Waals surface area contributed by atoms with Crippen molar-refractivity contribution in [1.29, 1.82) is 0 Å². The van der Waals surface area contributed by atoms with E-state index in [1.54, 1.807) is 0 Å². The molecule has 0 radical (unpaired) electrons. The molecular weight excluding hydrogens is 466 g/mol. The fraction of sp³-hybridized carbons (Fsp3) is 0.462. The highest BCUT2D eigenvalue weighted by Gasteiger charge is 2.21. The summed E-state index contributed by atoms with van der Waals surface area (Å²) >= 11 is 3.49. The zero-order valence-electron chi connectivity index (χ0n) is 19.0. The van der Waals surface area contributed by atoms with Gasteiger partial charge < -0.3 is 15.5 Å². The standard InChI is InChI=1S/C26H34BrN3O2/c1-19(2)25(31)29-23-11-6-10-22(18-23)20-12-16-30(17-13-20)15-7-14-28-26(32)24(27)21-8-4-3-5-9-21/h3-6,8-11,18-20,24H,7,12-17H2,1-2H3,(H,28,32)(H,29,31). The second-order valence-electron chi connectivity index (χ2n) is 8.80. The van der Waals surface area contributed by atoms with Crippen molar-refractivity contribution in [3.8, 4) is 0 Å². The van der Waals surface area contributed by atoms with E-state index in [1.165, 1.54) is 5.56 Å². The third kappa shape index (κ3) is 7.17. The molecule has 3 rings (SSSR count). The number of hydrogen-bond donors (Lipinski definition) is 2. The Balaban J connectivity index is 1.37. The maximum atomic E-state index is 12.3. The molecule has 1 fully saturated rings. The van der Waals surface area contributed by atoms with Crippen LogP contribution in [0.4, 0.5) is 5.69 Å². The van der Waals surface area contributed by atoms with Crippen molar-refractivity contribution >= 4 is 33.4 Å². The van der Waals surface area contributed by atoms with Crippen LogP contribution in [0.3, 0.4) is 0 Å². The zero-order chi connectivity index (χ0) is 22.9. The van der Waals surface area contributed by atoms with Gasteiger partial charge in [0, 0.05) is 18.2 Å². The van der Waals surface area contributed by atoms with Crippen LogP contribution in [0, 0.1) is 5.92 Å². The fourth-order valence-electron chi connectivity index (χ4n) is 4.02. The number of alkyl halides is 1. The Bertz CT molecular complexity index is 880. The lowest BCUT2D eigenvalue weighted by atomic mass is 9.89. The topological polar surface area (TPSA) is 61.4 Å². The minimum absolute atomic E-state index is 0.0133. The quantitative estimate of drug-likeness (QED) is 0.372. The summed E-state index contributed by atoms with van der Waals surface area (Å²) in [6, 6.07) is 18.0. The third-order valence-electron chi connectivity index (χ3n) is 6.01. The fourth-order valence-corrected chi connectivity index (χ4v) is 4.49. The minimum atomic E-state index is -0.305. The maximum absolute atomic E-state index is 12.3. The van der Waals surface area contributed by atoms with Crippen LogP contribution < -0.4 is 10.6 Å². The zero-order valence-corrected chi connectivity index (χ0v) is 20.6. The Labute approximate surface area is 200 Å². The van der Waals surface area contributed by atoms with Gasteiger partial charge in [-0.1, -0.05) is 72.2 Å². The molecule has 1 aliphatic heterocycles. The third-order valence-corrected chi connectivity index (χ3v) is 6.95. The Kier molecular flexibility index (Phi) is 9.30. The van der Waals surface area contributed by atoms with Crippen molar-refractivity contribution in [2.75, 3.05) is 31.5 Å². The molecule has 0 saturated carbocycles. The maximum Gasteiger partial charge on any atom is 0.238 e. The second-order valence-corrected chi connectivity index (χ2v) is 9.72. The van der Waals surface area contributed by atoms with Crippen molar-refractivity contribution in [1.82, 2.24) is 10.2 Å². The van der Waals surface area contributed by atoms with Crippen LogP contribution in [0.2, 0.25) is 0 Å². The first-order valence-corrected chi connectivity index (χ1v) is 12.5. The smallest absolute Gasteiger partial charge is 0.238 e. The number of rotatable bonds is 9. The molecule has 2 N–H and O–H groups in total. The molecule has 0 bridgehead atoms. The van der Waals surface area contributed by atoms with Gasteiger partial charge in [-0.05, 0) is 68.1 Å². The lowest BCUT2D eigenvalue weighted by molar-refractivity contribution is -0.120. The molecule has 1 unspecified atom stereocenters. The Morgan fingerprint density at radius 1 is 1.03 bits per heavy atom. The molecule has 6 heteroatoms. The van der Waals surface area contributed by atoms with Gasteiger partial charge in [0.2, 0.25) is 11.8 Å². The van der Waals surface area contributed by atoms with E-state index < -0.39 is 0 Å². The average Bonchev–Trinajstić information content (AvgIpc) is 2.82. The molecule has 5 nitrogen and oxygen atoms in total. The van der Waals surface area contributed by atoms with E-state index >= 15 is 0 Å². The minimum Gasteiger partial charge on any atom is -0.355 e. The van der Waals surface area contributed by atoms with Crippen molar-refractivity contribution in [2.24, 2.45) is 5.92 Å². The molecule has 2 amide bonds. The predicted molar refractivity (Wildman–Crippen MR) is 134 cm³/mol. The van der Waals surface area contributed by atoms with Gasteiger partial charge in [0.15, 0.2) is 0 Å². The Morgan fingerprint density at radius 2 is 1.75 bits per heavy atom. The molecule has 172 valence electrons. The molecule has 0 spiro atoms. The predicted octanol–water partition coefficient (Wildman–Crippen LogP) is 5.10. The van der Waals surface area contributed by atoms with Crippen LogP contribution in [0.25, 0.3) is 0 Å². The van der Waals surface area contributed by atoms with Crippen LogP contribution in [-0.2, 0) is 9.59 Å². The van der Waals surface area contributed by atoms with Gasteiger partial charge >= 0.3 is 0 Å². The van der Waals surface area contributed by atoms with Crippen molar-refractivity contribution in [3.63, 3.8) is 0 Å². The normalized spacial score (nSPS) is 16.0. The van der Waals surface area contributed by atoms with Crippen LogP contribution in [0.15, 0.2) is 54.6 Å². The van der Waals surface area contributed by atoms with Gasteiger partial charge in [-0.15, -0.1) is 0 Å². The first kappa shape index (κ1) is 24.5. The summed E-state index contributed by atoms with van der Waals surface area (Å²) in [5.41, 5.74) is 3.17. The summed E-state index contributed by atoms with van der Waals surface area (Å²) in [5, 5.41) is 6.04. The summed E-state index contributed by atoms with van der Waals surface area (Å²) in [6.45, 7) is 7.61. The lowest BCUT2D eigenvalue weighted by Crippen LogP contribution is -2.36. The van der Waals surface area contributed by atoms with E-state index in [2.05, 4.69) is 43.6 Å². The van der Waals surface area contributed by atoms with Crippen LogP contribution in [0.5, 0.6) is 0 Å². The SMILES string of the molecule is CC(C)C(=O)Nc1cccc(C2CCN(CCCNC(=O)C(Br)c3ccccc3)CC2)c1. The first-order valence-electron chi connectivity index (χ1n) is 11.5. The second kappa shape index (κ2) is 12.2. The highest BCUT2D eigenvalue weighted by Crippen LogP contribution is 2.29.